The van der Waals surface area contributed by atoms with Crippen LogP contribution in [0, 0.1) is 5.82 Å². The molecule has 0 amide bonds. The Kier molecular flexibility index (Phi) is 5.75. The molecule has 1 aromatic rings. The molecule has 0 radical (unpaired) electrons. The summed E-state index contributed by atoms with van der Waals surface area (Å²) >= 11 is 0. The van der Waals surface area contributed by atoms with Crippen LogP contribution in [-0.4, -0.2) is 27.0 Å². The number of ether oxygens (including phenoxy) is 1. The molecule has 0 aliphatic rings. The Labute approximate surface area is 113 Å². The first-order chi connectivity index (χ1) is 8.89. The van der Waals surface area contributed by atoms with E-state index in [4.69, 9.17) is 10.5 Å². The molecule has 2 N–H and O–H groups in total. The SMILES string of the molecule is CCCCS(=O)(=O)CC(N)c1ccc(OC)c(F)c1. The Morgan fingerprint density at radius 3 is 2.63 bits per heavy atom. The van der Waals surface area contributed by atoms with Crippen LogP contribution in [0.15, 0.2) is 18.2 Å². The van der Waals surface area contributed by atoms with Crippen LogP contribution < -0.4 is 10.5 Å². The summed E-state index contributed by atoms with van der Waals surface area (Å²) in [6.07, 6.45) is 1.43. The summed E-state index contributed by atoms with van der Waals surface area (Å²) in [6, 6.07) is 3.53. The molecule has 0 spiro atoms. The predicted molar refractivity (Wildman–Crippen MR) is 73.4 cm³/mol. The number of nitrogens with two attached hydrogens (primary N) is 1. The van der Waals surface area contributed by atoms with Gasteiger partial charge in [0.05, 0.1) is 18.6 Å². The van der Waals surface area contributed by atoms with Gasteiger partial charge in [-0.1, -0.05) is 19.4 Å². The van der Waals surface area contributed by atoms with E-state index in [0.717, 1.165) is 6.42 Å². The quantitative estimate of drug-likeness (QED) is 0.834. The fourth-order valence-electron chi connectivity index (χ4n) is 1.73. The standard InChI is InChI=1S/C13H20FNO3S/c1-3-4-7-19(16,17)9-12(15)10-5-6-13(18-2)11(14)8-10/h5-6,8,12H,3-4,7,9,15H2,1-2H3. The lowest BCUT2D eigenvalue weighted by atomic mass is 10.1. The molecule has 0 fully saturated rings. The molecular weight excluding hydrogens is 269 g/mol. The first-order valence-electron chi connectivity index (χ1n) is 6.19. The first-order valence-corrected chi connectivity index (χ1v) is 8.01. The molecular formula is C13H20FNO3S. The molecule has 0 heterocycles. The number of hydrogen-bond acceptors (Lipinski definition) is 4. The van der Waals surface area contributed by atoms with Gasteiger partial charge in [0.2, 0.25) is 0 Å². The molecule has 1 unspecified atom stereocenters. The average molecular weight is 289 g/mol. The van der Waals surface area contributed by atoms with Crippen LogP contribution in [0.3, 0.4) is 0 Å². The van der Waals surface area contributed by atoms with E-state index in [0.29, 0.717) is 12.0 Å². The number of sulfone groups is 1. The van der Waals surface area contributed by atoms with Crippen LogP contribution in [0.4, 0.5) is 4.39 Å². The van der Waals surface area contributed by atoms with Crippen molar-refractivity contribution in [3.8, 4) is 5.75 Å². The highest BCUT2D eigenvalue weighted by Gasteiger charge is 2.18. The summed E-state index contributed by atoms with van der Waals surface area (Å²) in [5.74, 6) is -0.472. The van der Waals surface area contributed by atoms with Crippen molar-refractivity contribution in [3.63, 3.8) is 0 Å². The molecule has 0 aliphatic heterocycles. The topological polar surface area (TPSA) is 69.4 Å². The molecule has 0 bridgehead atoms. The molecule has 1 rings (SSSR count). The van der Waals surface area contributed by atoms with E-state index >= 15 is 0 Å². The molecule has 6 heteroatoms. The lowest BCUT2D eigenvalue weighted by Crippen LogP contribution is -2.23. The zero-order valence-electron chi connectivity index (χ0n) is 11.2. The number of benzene rings is 1. The highest BCUT2D eigenvalue weighted by Crippen LogP contribution is 2.21. The lowest BCUT2D eigenvalue weighted by Gasteiger charge is -2.13. The average Bonchev–Trinajstić information content (AvgIpc) is 2.35. The maximum Gasteiger partial charge on any atom is 0.165 e. The van der Waals surface area contributed by atoms with Gasteiger partial charge in [0, 0.05) is 6.04 Å². The van der Waals surface area contributed by atoms with Gasteiger partial charge < -0.3 is 10.5 Å². The van der Waals surface area contributed by atoms with Crippen LogP contribution >= 0.6 is 0 Å². The lowest BCUT2D eigenvalue weighted by molar-refractivity contribution is 0.386. The maximum absolute atomic E-state index is 13.5. The third-order valence-electron chi connectivity index (χ3n) is 2.85. The number of unbranched alkanes of at least 4 members (excludes halogenated alkanes) is 1. The molecule has 1 atom stereocenters. The summed E-state index contributed by atoms with van der Waals surface area (Å²) in [5.41, 5.74) is 6.28. The van der Waals surface area contributed by atoms with E-state index in [1.807, 2.05) is 6.92 Å². The second-order valence-corrected chi connectivity index (χ2v) is 6.70. The van der Waals surface area contributed by atoms with Gasteiger partial charge >= 0.3 is 0 Å². The predicted octanol–water partition coefficient (Wildman–Crippen LogP) is 2.05. The summed E-state index contributed by atoms with van der Waals surface area (Å²) in [5, 5.41) is 0. The third-order valence-corrected chi connectivity index (χ3v) is 4.62. The molecule has 108 valence electrons. The Hall–Kier alpha value is -1.14. The maximum atomic E-state index is 13.5. The molecule has 0 saturated carbocycles. The van der Waals surface area contributed by atoms with E-state index in [9.17, 15) is 12.8 Å². The number of hydrogen-bond donors (Lipinski definition) is 1. The van der Waals surface area contributed by atoms with Gasteiger partial charge in [-0.05, 0) is 24.1 Å². The second kappa shape index (κ2) is 6.86. The van der Waals surface area contributed by atoms with Gasteiger partial charge in [0.25, 0.3) is 0 Å². The monoisotopic (exact) mass is 289 g/mol. The Balaban J connectivity index is 2.78. The Bertz CT molecular complexity index is 517. The van der Waals surface area contributed by atoms with E-state index in [1.54, 1.807) is 6.07 Å². The zero-order chi connectivity index (χ0) is 14.5. The largest absolute Gasteiger partial charge is 0.494 e. The van der Waals surface area contributed by atoms with E-state index in [2.05, 4.69) is 0 Å². The Morgan fingerprint density at radius 2 is 2.11 bits per heavy atom. The normalized spacial score (nSPS) is 13.3. The minimum Gasteiger partial charge on any atom is -0.494 e. The zero-order valence-corrected chi connectivity index (χ0v) is 12.0. The van der Waals surface area contributed by atoms with Gasteiger partial charge in [-0.2, -0.15) is 0 Å². The van der Waals surface area contributed by atoms with Crippen molar-refractivity contribution >= 4 is 9.84 Å². The Morgan fingerprint density at radius 1 is 1.42 bits per heavy atom. The van der Waals surface area contributed by atoms with Gasteiger partial charge in [-0.15, -0.1) is 0 Å². The van der Waals surface area contributed by atoms with E-state index < -0.39 is 21.7 Å². The summed E-state index contributed by atoms with van der Waals surface area (Å²) in [6.45, 7) is 1.92. The van der Waals surface area contributed by atoms with Gasteiger partial charge in [0.15, 0.2) is 21.4 Å². The van der Waals surface area contributed by atoms with Crippen LogP contribution in [-0.2, 0) is 9.84 Å². The molecule has 0 saturated heterocycles. The molecule has 1 aromatic carbocycles. The van der Waals surface area contributed by atoms with E-state index in [-0.39, 0.29) is 17.3 Å². The minimum atomic E-state index is -3.20. The van der Waals surface area contributed by atoms with Crippen LogP contribution in [0.1, 0.15) is 31.4 Å². The number of methoxy groups -OCH3 is 1. The number of rotatable bonds is 7. The van der Waals surface area contributed by atoms with Crippen molar-refractivity contribution in [2.75, 3.05) is 18.6 Å². The van der Waals surface area contributed by atoms with Gasteiger partial charge in [-0.3, -0.25) is 0 Å². The molecule has 19 heavy (non-hydrogen) atoms. The minimum absolute atomic E-state index is 0.116. The summed E-state index contributed by atoms with van der Waals surface area (Å²) in [7, 11) is -1.83. The van der Waals surface area contributed by atoms with Crippen molar-refractivity contribution in [1.29, 1.82) is 0 Å². The number of halogens is 1. The highest BCUT2D eigenvalue weighted by atomic mass is 32.2. The van der Waals surface area contributed by atoms with E-state index in [1.165, 1.54) is 19.2 Å². The van der Waals surface area contributed by atoms with Crippen molar-refractivity contribution in [2.45, 2.75) is 25.8 Å². The second-order valence-electron chi connectivity index (χ2n) is 4.47. The van der Waals surface area contributed by atoms with Crippen LogP contribution in [0.2, 0.25) is 0 Å². The van der Waals surface area contributed by atoms with Crippen molar-refractivity contribution < 1.29 is 17.5 Å². The third kappa shape index (κ3) is 4.80. The summed E-state index contributed by atoms with van der Waals surface area (Å²) in [4.78, 5) is 0. The molecule has 4 nitrogen and oxygen atoms in total. The first kappa shape index (κ1) is 15.9. The van der Waals surface area contributed by atoms with Gasteiger partial charge in [0.1, 0.15) is 0 Å². The molecule has 0 aliphatic carbocycles. The smallest absolute Gasteiger partial charge is 0.165 e. The van der Waals surface area contributed by atoms with Gasteiger partial charge in [-0.25, -0.2) is 12.8 Å². The van der Waals surface area contributed by atoms with Crippen molar-refractivity contribution in [3.05, 3.63) is 29.6 Å². The van der Waals surface area contributed by atoms with Crippen molar-refractivity contribution in [2.24, 2.45) is 5.73 Å². The van der Waals surface area contributed by atoms with Crippen molar-refractivity contribution in [1.82, 2.24) is 0 Å². The highest BCUT2D eigenvalue weighted by molar-refractivity contribution is 7.91. The fourth-order valence-corrected chi connectivity index (χ4v) is 3.37. The molecule has 0 aromatic heterocycles. The van der Waals surface area contributed by atoms with Crippen LogP contribution in [0.25, 0.3) is 0 Å². The van der Waals surface area contributed by atoms with Crippen LogP contribution in [0.5, 0.6) is 5.75 Å². The summed E-state index contributed by atoms with van der Waals surface area (Å²) < 4.78 is 41.9. The fraction of sp³-hybridized carbons (Fsp3) is 0.538.